The Balaban J connectivity index is 2.20. The van der Waals surface area contributed by atoms with Gasteiger partial charge < -0.3 is 19.2 Å². The van der Waals surface area contributed by atoms with Crippen LogP contribution in [0.4, 0.5) is 9.18 Å². The molecule has 1 aromatic heterocycles. The van der Waals surface area contributed by atoms with Gasteiger partial charge in [0.1, 0.15) is 28.3 Å². The number of methoxy groups -OCH3 is 1. The van der Waals surface area contributed by atoms with E-state index in [-0.39, 0.29) is 17.7 Å². The summed E-state index contributed by atoms with van der Waals surface area (Å²) in [6.45, 7) is 5.30. The van der Waals surface area contributed by atoms with Crippen molar-refractivity contribution in [2.24, 2.45) is 0 Å². The van der Waals surface area contributed by atoms with Gasteiger partial charge >= 0.3 is 12.1 Å². The van der Waals surface area contributed by atoms with Crippen molar-refractivity contribution in [3.63, 3.8) is 0 Å². The van der Waals surface area contributed by atoms with Gasteiger partial charge in [0.2, 0.25) is 0 Å². The number of amides is 1. The van der Waals surface area contributed by atoms with E-state index < -0.39 is 23.5 Å². The lowest BCUT2D eigenvalue weighted by molar-refractivity contribution is 0.0518. The van der Waals surface area contributed by atoms with Gasteiger partial charge in [-0.25, -0.2) is 14.0 Å². The van der Waals surface area contributed by atoms with Gasteiger partial charge in [0.25, 0.3) is 0 Å². The maximum absolute atomic E-state index is 13.6. The molecular weight excluding hydrogens is 305 g/mol. The Bertz CT molecular complexity index is 745. The first-order chi connectivity index (χ1) is 10.7. The van der Waals surface area contributed by atoms with Gasteiger partial charge in [0.15, 0.2) is 0 Å². The maximum atomic E-state index is 13.6. The average molecular weight is 323 g/mol. The molecule has 0 spiro atoms. The fourth-order valence-electron chi connectivity index (χ4n) is 1.99. The summed E-state index contributed by atoms with van der Waals surface area (Å²) in [5, 5.41) is 2.94. The van der Waals surface area contributed by atoms with Crippen LogP contribution in [0.3, 0.4) is 0 Å². The van der Waals surface area contributed by atoms with Crippen LogP contribution in [0.25, 0.3) is 11.0 Å². The first-order valence-corrected chi connectivity index (χ1v) is 6.97. The average Bonchev–Trinajstić information content (AvgIpc) is 2.84. The molecule has 1 amide bonds. The van der Waals surface area contributed by atoms with Crippen LogP contribution in [-0.4, -0.2) is 24.8 Å². The SMILES string of the molecule is COC(=O)c1cc(F)cc2cc(CNC(=O)OC(C)(C)C)oc12. The molecule has 0 unspecified atom stereocenters. The zero-order chi connectivity index (χ0) is 17.2. The van der Waals surface area contributed by atoms with Gasteiger partial charge in [0, 0.05) is 5.39 Å². The number of hydrogen-bond acceptors (Lipinski definition) is 5. The molecule has 23 heavy (non-hydrogen) atoms. The highest BCUT2D eigenvalue weighted by Gasteiger charge is 2.19. The first kappa shape index (κ1) is 16.8. The molecular formula is C16H18FNO5. The van der Waals surface area contributed by atoms with E-state index in [0.717, 1.165) is 6.07 Å². The summed E-state index contributed by atoms with van der Waals surface area (Å²) in [4.78, 5) is 23.3. The topological polar surface area (TPSA) is 77.8 Å². The number of hydrogen-bond donors (Lipinski definition) is 1. The van der Waals surface area contributed by atoms with Gasteiger partial charge in [-0.05, 0) is 39.0 Å². The Morgan fingerprint density at radius 1 is 1.26 bits per heavy atom. The highest BCUT2D eigenvalue weighted by atomic mass is 19.1. The van der Waals surface area contributed by atoms with Gasteiger partial charge in [-0.15, -0.1) is 0 Å². The molecule has 0 aliphatic rings. The van der Waals surface area contributed by atoms with Crippen LogP contribution >= 0.6 is 0 Å². The predicted molar refractivity (Wildman–Crippen MR) is 80.6 cm³/mol. The third-order valence-electron chi connectivity index (χ3n) is 2.84. The molecule has 124 valence electrons. The molecule has 1 N–H and O–H groups in total. The number of benzene rings is 1. The summed E-state index contributed by atoms with van der Waals surface area (Å²) in [5.41, 5.74) is -0.413. The first-order valence-electron chi connectivity index (χ1n) is 6.97. The number of furan rings is 1. The Morgan fingerprint density at radius 3 is 2.57 bits per heavy atom. The number of esters is 1. The van der Waals surface area contributed by atoms with Gasteiger partial charge in [-0.3, -0.25) is 0 Å². The fraction of sp³-hybridized carbons (Fsp3) is 0.375. The summed E-state index contributed by atoms with van der Waals surface area (Å²) in [6.07, 6.45) is -0.600. The molecule has 0 radical (unpaired) electrons. The number of nitrogens with one attached hydrogen (secondary N) is 1. The number of ether oxygens (including phenoxy) is 2. The molecule has 1 aromatic carbocycles. The summed E-state index contributed by atoms with van der Waals surface area (Å²) < 4.78 is 28.8. The van der Waals surface area contributed by atoms with Crippen molar-refractivity contribution in [2.45, 2.75) is 32.9 Å². The van der Waals surface area contributed by atoms with Crippen molar-refractivity contribution < 1.29 is 27.9 Å². The van der Waals surface area contributed by atoms with Crippen molar-refractivity contribution in [2.75, 3.05) is 7.11 Å². The molecule has 0 aliphatic carbocycles. The van der Waals surface area contributed by atoms with Crippen LogP contribution in [0.15, 0.2) is 22.6 Å². The summed E-state index contributed by atoms with van der Waals surface area (Å²) >= 11 is 0. The quantitative estimate of drug-likeness (QED) is 0.876. The second-order valence-corrected chi connectivity index (χ2v) is 5.93. The molecule has 7 heteroatoms. The van der Waals surface area contributed by atoms with E-state index in [1.807, 2.05) is 0 Å². The van der Waals surface area contributed by atoms with Crippen molar-refractivity contribution in [3.05, 3.63) is 35.3 Å². The molecule has 2 rings (SSSR count). The van der Waals surface area contributed by atoms with Crippen LogP contribution in [0.5, 0.6) is 0 Å². The molecule has 2 aromatic rings. The summed E-state index contributed by atoms with van der Waals surface area (Å²) in [5.74, 6) is -0.914. The monoisotopic (exact) mass is 323 g/mol. The van der Waals surface area contributed by atoms with Crippen LogP contribution < -0.4 is 5.32 Å². The van der Waals surface area contributed by atoms with Crippen LogP contribution in [0.1, 0.15) is 36.9 Å². The van der Waals surface area contributed by atoms with Crippen molar-refractivity contribution in [1.82, 2.24) is 5.32 Å². The highest BCUT2D eigenvalue weighted by molar-refractivity contribution is 6.02. The third-order valence-corrected chi connectivity index (χ3v) is 2.84. The zero-order valence-corrected chi connectivity index (χ0v) is 13.4. The van der Waals surface area contributed by atoms with Crippen LogP contribution in [-0.2, 0) is 16.0 Å². The number of alkyl carbamates (subject to hydrolysis) is 1. The Hall–Kier alpha value is -2.57. The van der Waals surface area contributed by atoms with Gasteiger partial charge in [-0.2, -0.15) is 0 Å². The van der Waals surface area contributed by atoms with Crippen molar-refractivity contribution in [1.29, 1.82) is 0 Å². The smallest absolute Gasteiger partial charge is 0.408 e. The van der Waals surface area contributed by atoms with E-state index in [0.29, 0.717) is 11.1 Å². The minimum absolute atomic E-state index is 0.00832. The van der Waals surface area contributed by atoms with Crippen LogP contribution in [0.2, 0.25) is 0 Å². The van der Waals surface area contributed by atoms with Crippen LogP contribution in [0, 0.1) is 5.82 Å². The lowest BCUT2D eigenvalue weighted by Crippen LogP contribution is -2.32. The lowest BCUT2D eigenvalue weighted by atomic mass is 10.1. The second kappa shape index (κ2) is 6.28. The number of carbonyl (C=O) groups is 2. The van der Waals surface area contributed by atoms with Gasteiger partial charge in [0.05, 0.1) is 13.7 Å². The Labute approximate surface area is 132 Å². The van der Waals surface area contributed by atoms with E-state index >= 15 is 0 Å². The third kappa shape index (κ3) is 4.21. The summed E-state index contributed by atoms with van der Waals surface area (Å²) in [6, 6.07) is 3.83. The minimum Gasteiger partial charge on any atom is -0.465 e. The summed E-state index contributed by atoms with van der Waals surface area (Å²) in [7, 11) is 1.20. The fourth-order valence-corrected chi connectivity index (χ4v) is 1.99. The Morgan fingerprint density at radius 2 is 1.96 bits per heavy atom. The lowest BCUT2D eigenvalue weighted by Gasteiger charge is -2.19. The number of fused-ring (bicyclic) bond motifs is 1. The van der Waals surface area contributed by atoms with E-state index in [1.165, 1.54) is 13.2 Å². The second-order valence-electron chi connectivity index (χ2n) is 5.93. The van der Waals surface area contributed by atoms with E-state index in [4.69, 9.17) is 9.15 Å². The normalized spacial score (nSPS) is 11.3. The highest BCUT2D eigenvalue weighted by Crippen LogP contribution is 2.25. The number of rotatable bonds is 3. The molecule has 0 saturated heterocycles. The molecule has 0 bridgehead atoms. The molecule has 0 atom stereocenters. The van der Waals surface area contributed by atoms with E-state index in [9.17, 15) is 14.0 Å². The standard InChI is InChI=1S/C16H18FNO5/c1-16(2,3)23-15(20)18-8-11-6-9-5-10(17)7-12(13(9)22-11)14(19)21-4/h5-7H,8H2,1-4H3,(H,18,20). The molecule has 6 nitrogen and oxygen atoms in total. The molecule has 0 saturated carbocycles. The largest absolute Gasteiger partial charge is 0.465 e. The van der Waals surface area contributed by atoms with Crippen molar-refractivity contribution >= 4 is 23.0 Å². The van der Waals surface area contributed by atoms with Crippen molar-refractivity contribution in [3.8, 4) is 0 Å². The molecule has 0 fully saturated rings. The zero-order valence-electron chi connectivity index (χ0n) is 13.4. The number of carbonyl (C=O) groups excluding carboxylic acids is 2. The number of halogens is 1. The Kier molecular flexibility index (Phi) is 4.58. The minimum atomic E-state index is -0.699. The van der Waals surface area contributed by atoms with Gasteiger partial charge in [-0.1, -0.05) is 0 Å². The van der Waals surface area contributed by atoms with E-state index in [1.54, 1.807) is 26.8 Å². The molecule has 1 heterocycles. The van der Waals surface area contributed by atoms with E-state index in [2.05, 4.69) is 10.1 Å². The molecule has 0 aliphatic heterocycles. The predicted octanol–water partition coefficient (Wildman–Crippen LogP) is 3.38. The maximum Gasteiger partial charge on any atom is 0.408 e.